The molecule has 1 aliphatic carbocycles. The van der Waals surface area contributed by atoms with Gasteiger partial charge in [-0.15, -0.1) is 0 Å². The van der Waals surface area contributed by atoms with Crippen molar-refractivity contribution in [3.05, 3.63) is 65.2 Å². The smallest absolute Gasteiger partial charge is 0.201 e. The van der Waals surface area contributed by atoms with E-state index in [0.717, 1.165) is 51.6 Å². The maximum Gasteiger partial charge on any atom is 0.201 e. The van der Waals surface area contributed by atoms with E-state index >= 15 is 8.78 Å². The highest BCUT2D eigenvalue weighted by Crippen LogP contribution is 2.41. The third-order valence-electron chi connectivity index (χ3n) is 7.80. The van der Waals surface area contributed by atoms with Gasteiger partial charge in [-0.25, -0.2) is 13.2 Å². The first-order valence-corrected chi connectivity index (χ1v) is 13.3. The molecule has 1 aliphatic heterocycles. The lowest BCUT2D eigenvalue weighted by Gasteiger charge is -2.32. The molecule has 2 aliphatic rings. The molecule has 1 saturated carbocycles. The fraction of sp³-hybridized carbons (Fsp3) is 0.533. The van der Waals surface area contributed by atoms with Gasteiger partial charge in [-0.05, 0) is 94.7 Å². The maximum atomic E-state index is 15.1. The highest BCUT2D eigenvalue weighted by molar-refractivity contribution is 5.66. The second kappa shape index (κ2) is 12.3. The predicted octanol–water partition coefficient (Wildman–Crippen LogP) is 8.73. The maximum absolute atomic E-state index is 15.1. The lowest BCUT2D eigenvalue weighted by molar-refractivity contribution is -0.0121. The van der Waals surface area contributed by atoms with E-state index in [-0.39, 0.29) is 29.4 Å². The summed E-state index contributed by atoms with van der Waals surface area (Å²) >= 11 is 0. The summed E-state index contributed by atoms with van der Waals surface area (Å²) in [5, 5.41) is 0. The minimum Gasteiger partial charge on any atom is -0.491 e. The number of ether oxygens (including phenoxy) is 2. The van der Waals surface area contributed by atoms with Gasteiger partial charge in [0.2, 0.25) is 5.82 Å². The Bertz CT molecular complexity index is 1050. The molecule has 1 saturated heterocycles. The summed E-state index contributed by atoms with van der Waals surface area (Å²) in [5.74, 6) is -3.75. The van der Waals surface area contributed by atoms with Gasteiger partial charge in [-0.3, -0.25) is 0 Å². The van der Waals surface area contributed by atoms with Crippen LogP contribution < -0.4 is 4.74 Å². The van der Waals surface area contributed by atoms with Crippen LogP contribution in [0.4, 0.5) is 17.6 Å². The third kappa shape index (κ3) is 5.96. The zero-order chi connectivity index (χ0) is 25.7. The summed E-state index contributed by atoms with van der Waals surface area (Å²) in [5.41, 5.74) is -0.273. The van der Waals surface area contributed by atoms with Crippen LogP contribution in [-0.2, 0) is 4.74 Å². The van der Waals surface area contributed by atoms with Crippen molar-refractivity contribution in [2.45, 2.75) is 77.2 Å². The molecule has 0 N–H and O–H groups in total. The second-order valence-electron chi connectivity index (χ2n) is 10.1. The van der Waals surface area contributed by atoms with Crippen LogP contribution in [0.3, 0.4) is 0 Å². The van der Waals surface area contributed by atoms with Gasteiger partial charge in [0.25, 0.3) is 0 Å². The lowest BCUT2D eigenvalue weighted by Crippen LogP contribution is -2.26. The van der Waals surface area contributed by atoms with E-state index in [1.165, 1.54) is 30.7 Å². The van der Waals surface area contributed by atoms with E-state index in [1.807, 2.05) is 6.92 Å². The van der Waals surface area contributed by atoms with Crippen molar-refractivity contribution >= 4 is 0 Å². The zero-order valence-electron chi connectivity index (χ0n) is 21.2. The summed E-state index contributed by atoms with van der Waals surface area (Å²) in [6.45, 7) is 4.66. The molecule has 2 unspecified atom stereocenters. The van der Waals surface area contributed by atoms with E-state index in [2.05, 4.69) is 12.2 Å². The molecule has 2 nitrogen and oxygen atoms in total. The number of hydrogen-bond acceptors (Lipinski definition) is 2. The largest absolute Gasteiger partial charge is 0.491 e. The minimum atomic E-state index is -1.24. The van der Waals surface area contributed by atoms with Gasteiger partial charge < -0.3 is 9.47 Å². The van der Waals surface area contributed by atoms with Crippen molar-refractivity contribution < 1.29 is 27.0 Å². The average Bonchev–Trinajstić information content (AvgIpc) is 2.89. The second-order valence-corrected chi connectivity index (χ2v) is 10.1. The Kier molecular flexibility index (Phi) is 9.10. The molecule has 4 rings (SSSR count). The molecular formula is C30H36F4O2. The Morgan fingerprint density at radius 1 is 0.833 bits per heavy atom. The van der Waals surface area contributed by atoms with Gasteiger partial charge in [0, 0.05) is 17.0 Å². The van der Waals surface area contributed by atoms with Gasteiger partial charge in [-0.1, -0.05) is 24.3 Å². The predicted molar refractivity (Wildman–Crippen MR) is 134 cm³/mol. The van der Waals surface area contributed by atoms with Crippen molar-refractivity contribution in [3.63, 3.8) is 0 Å². The van der Waals surface area contributed by atoms with Crippen molar-refractivity contribution in [2.24, 2.45) is 11.8 Å². The van der Waals surface area contributed by atoms with Crippen molar-refractivity contribution in [2.75, 3.05) is 13.2 Å². The van der Waals surface area contributed by atoms with E-state index in [9.17, 15) is 8.78 Å². The number of benzene rings is 2. The molecule has 6 heteroatoms. The van der Waals surface area contributed by atoms with Crippen LogP contribution in [0.2, 0.25) is 0 Å². The quantitative estimate of drug-likeness (QED) is 0.264. The summed E-state index contributed by atoms with van der Waals surface area (Å²) < 4.78 is 70.1. The summed E-state index contributed by atoms with van der Waals surface area (Å²) in [7, 11) is 0. The summed E-state index contributed by atoms with van der Waals surface area (Å²) in [6, 6.07) is 5.36. The van der Waals surface area contributed by atoms with Crippen LogP contribution in [0.5, 0.6) is 5.75 Å². The Balaban J connectivity index is 1.35. The highest BCUT2D eigenvalue weighted by atomic mass is 19.2. The van der Waals surface area contributed by atoms with Crippen molar-refractivity contribution in [3.8, 4) is 16.9 Å². The van der Waals surface area contributed by atoms with Crippen LogP contribution >= 0.6 is 0 Å². The topological polar surface area (TPSA) is 18.5 Å². The van der Waals surface area contributed by atoms with Gasteiger partial charge in [0.15, 0.2) is 23.2 Å². The van der Waals surface area contributed by atoms with Crippen molar-refractivity contribution in [1.29, 1.82) is 0 Å². The molecule has 2 fully saturated rings. The van der Waals surface area contributed by atoms with Gasteiger partial charge in [-0.2, -0.15) is 4.39 Å². The Morgan fingerprint density at radius 2 is 1.53 bits per heavy atom. The third-order valence-corrected chi connectivity index (χ3v) is 7.80. The first-order valence-electron chi connectivity index (χ1n) is 13.3. The minimum absolute atomic E-state index is 0.0702. The number of rotatable bonds is 8. The molecular weight excluding hydrogens is 468 g/mol. The van der Waals surface area contributed by atoms with Crippen LogP contribution in [0.1, 0.15) is 76.7 Å². The Morgan fingerprint density at radius 3 is 2.17 bits per heavy atom. The van der Waals surface area contributed by atoms with Crippen molar-refractivity contribution in [1.82, 2.24) is 0 Å². The molecule has 1 heterocycles. The number of halogens is 4. The fourth-order valence-electron chi connectivity index (χ4n) is 5.76. The fourth-order valence-corrected chi connectivity index (χ4v) is 5.76. The Hall–Kier alpha value is -2.34. The molecule has 196 valence electrons. The van der Waals surface area contributed by atoms with Crippen LogP contribution in [0, 0.1) is 35.1 Å². The molecule has 2 atom stereocenters. The normalized spacial score (nSPS) is 24.8. The monoisotopic (exact) mass is 504 g/mol. The molecule has 0 amide bonds. The zero-order valence-corrected chi connectivity index (χ0v) is 21.2. The SMILES string of the molecule is CC=CC1CCC(CCC2CCC(c3ccc(-c4ccc(OCC)c(F)c4F)c(F)c3F)CC2)OC1. The summed E-state index contributed by atoms with van der Waals surface area (Å²) in [4.78, 5) is 0. The molecule has 0 radical (unpaired) electrons. The molecule has 36 heavy (non-hydrogen) atoms. The first-order chi connectivity index (χ1) is 17.4. The molecule has 0 bridgehead atoms. The average molecular weight is 505 g/mol. The Labute approximate surface area is 211 Å². The number of allylic oxidation sites excluding steroid dienone is 1. The number of hydrogen-bond donors (Lipinski definition) is 0. The lowest BCUT2D eigenvalue weighted by atomic mass is 9.76. The molecule has 2 aromatic rings. The van der Waals surface area contributed by atoms with E-state index in [4.69, 9.17) is 9.47 Å². The van der Waals surface area contributed by atoms with Crippen LogP contribution in [-0.4, -0.2) is 19.3 Å². The van der Waals surface area contributed by atoms with Gasteiger partial charge in [0.1, 0.15) is 0 Å². The van der Waals surface area contributed by atoms with Crippen LogP contribution in [0.25, 0.3) is 11.1 Å². The van der Waals surface area contributed by atoms with Crippen LogP contribution in [0.15, 0.2) is 36.4 Å². The molecule has 0 aromatic heterocycles. The highest BCUT2D eigenvalue weighted by Gasteiger charge is 2.29. The van der Waals surface area contributed by atoms with E-state index < -0.39 is 23.3 Å². The first kappa shape index (κ1) is 26.7. The van der Waals surface area contributed by atoms with Gasteiger partial charge in [0.05, 0.1) is 19.3 Å². The molecule has 0 spiro atoms. The van der Waals surface area contributed by atoms with E-state index in [0.29, 0.717) is 23.5 Å². The molecule has 2 aromatic carbocycles. The van der Waals surface area contributed by atoms with E-state index in [1.54, 1.807) is 6.92 Å². The summed E-state index contributed by atoms with van der Waals surface area (Å²) in [6.07, 6.45) is 12.6. The standard InChI is InChI=1S/C30H36F4O2/c1-3-5-20-9-13-22(36-18-20)12-8-19-6-10-21(11-7-19)23-14-15-24(28(32)27(23)31)25-16-17-26(35-4-2)30(34)29(25)33/h3,5,14-17,19-22H,4,6-13,18H2,1-2H3. The van der Waals surface area contributed by atoms with Gasteiger partial charge >= 0.3 is 0 Å².